The molecule has 8 nitrogen and oxygen atoms in total. The Morgan fingerprint density at radius 1 is 1.18 bits per heavy atom. The van der Waals surface area contributed by atoms with Crippen LogP contribution >= 0.6 is 0 Å². The topological polar surface area (TPSA) is 99.8 Å². The summed E-state index contributed by atoms with van der Waals surface area (Å²) in [5, 5.41) is 8.92. The van der Waals surface area contributed by atoms with Gasteiger partial charge in [-0.1, -0.05) is 26.0 Å². The lowest BCUT2D eigenvalue weighted by Gasteiger charge is -2.27. The quantitative estimate of drug-likeness (QED) is 0.115. The standard InChI is InChI=1S/C26H46N4O4/c1-6-11-20(13-10-16-27-19-31)23(12-7-2)34-22(8-3)17-29-25(21-14-15-21)26(33)30(5)18-24(32)28-9-4/h6,11,19,21-22,25,29H,7-10,12-18H2,1-5H3,(H,27,31)(H,28,32)/b11-6-,23-20-. The highest BCUT2D eigenvalue weighted by Gasteiger charge is 2.38. The van der Waals surface area contributed by atoms with Gasteiger partial charge in [0.15, 0.2) is 0 Å². The van der Waals surface area contributed by atoms with Crippen LogP contribution in [0.4, 0.5) is 0 Å². The molecule has 194 valence electrons. The summed E-state index contributed by atoms with van der Waals surface area (Å²) >= 11 is 0. The molecule has 3 N–H and O–H groups in total. The number of hydrogen-bond acceptors (Lipinski definition) is 5. The van der Waals surface area contributed by atoms with Crippen molar-refractivity contribution >= 4 is 18.2 Å². The highest BCUT2D eigenvalue weighted by molar-refractivity contribution is 5.87. The van der Waals surface area contributed by atoms with Crippen molar-refractivity contribution < 1.29 is 19.1 Å². The third-order valence-electron chi connectivity index (χ3n) is 5.87. The molecule has 34 heavy (non-hydrogen) atoms. The molecule has 1 aliphatic rings. The van der Waals surface area contributed by atoms with Crippen LogP contribution in [0.1, 0.15) is 72.6 Å². The minimum Gasteiger partial charge on any atom is -0.493 e. The molecule has 0 saturated heterocycles. The molecule has 0 radical (unpaired) electrons. The number of ether oxygens (including phenoxy) is 1. The van der Waals surface area contributed by atoms with Gasteiger partial charge in [-0.2, -0.15) is 0 Å². The average molecular weight is 479 g/mol. The van der Waals surface area contributed by atoms with E-state index in [2.05, 4.69) is 35.9 Å². The molecule has 2 atom stereocenters. The molecule has 0 aromatic carbocycles. The number of carbonyl (C=O) groups is 3. The predicted molar refractivity (Wildman–Crippen MR) is 136 cm³/mol. The summed E-state index contributed by atoms with van der Waals surface area (Å²) in [5.41, 5.74) is 1.16. The summed E-state index contributed by atoms with van der Waals surface area (Å²) in [7, 11) is 1.69. The number of nitrogens with zero attached hydrogens (tertiary/aromatic N) is 1. The predicted octanol–water partition coefficient (Wildman–Crippen LogP) is 2.90. The fourth-order valence-corrected chi connectivity index (χ4v) is 3.88. The molecular formula is C26H46N4O4. The van der Waals surface area contributed by atoms with Crippen molar-refractivity contribution in [2.24, 2.45) is 5.92 Å². The van der Waals surface area contributed by atoms with E-state index in [0.717, 1.165) is 62.7 Å². The van der Waals surface area contributed by atoms with E-state index in [-0.39, 0.29) is 30.5 Å². The number of likely N-dealkylation sites (N-methyl/N-ethyl adjacent to an activating group) is 2. The molecule has 3 amide bonds. The Bertz CT molecular complexity index is 688. The minimum atomic E-state index is -0.292. The van der Waals surface area contributed by atoms with E-state index in [9.17, 15) is 14.4 Å². The van der Waals surface area contributed by atoms with Gasteiger partial charge in [-0.05, 0) is 63.9 Å². The van der Waals surface area contributed by atoms with Crippen molar-refractivity contribution in [3.8, 4) is 0 Å². The fourth-order valence-electron chi connectivity index (χ4n) is 3.88. The first-order chi connectivity index (χ1) is 16.4. The Morgan fingerprint density at radius 2 is 1.91 bits per heavy atom. The second kappa shape index (κ2) is 17.1. The van der Waals surface area contributed by atoms with Crippen molar-refractivity contribution in [2.75, 3.05) is 33.2 Å². The van der Waals surface area contributed by atoms with Gasteiger partial charge < -0.3 is 25.6 Å². The van der Waals surface area contributed by atoms with E-state index < -0.39 is 0 Å². The number of carbonyl (C=O) groups excluding carboxylic acids is 3. The van der Waals surface area contributed by atoms with Crippen LogP contribution < -0.4 is 16.0 Å². The molecule has 0 aromatic rings. The number of nitrogens with one attached hydrogen (secondary N) is 3. The molecule has 1 saturated carbocycles. The molecule has 1 aliphatic carbocycles. The maximum absolute atomic E-state index is 13.0. The van der Waals surface area contributed by atoms with Crippen LogP contribution in [0.3, 0.4) is 0 Å². The summed E-state index contributed by atoms with van der Waals surface area (Å²) in [6, 6.07) is -0.292. The van der Waals surface area contributed by atoms with Crippen LogP contribution in [-0.4, -0.2) is 68.5 Å². The summed E-state index contributed by atoms with van der Waals surface area (Å²) < 4.78 is 6.49. The van der Waals surface area contributed by atoms with E-state index in [1.807, 2.05) is 19.9 Å². The zero-order valence-corrected chi connectivity index (χ0v) is 21.8. The fraction of sp³-hybridized carbons (Fsp3) is 0.731. The van der Waals surface area contributed by atoms with E-state index in [0.29, 0.717) is 25.6 Å². The summed E-state index contributed by atoms with van der Waals surface area (Å²) in [6.07, 6.45) is 11.2. The van der Waals surface area contributed by atoms with Crippen LogP contribution in [0.25, 0.3) is 0 Å². The van der Waals surface area contributed by atoms with E-state index in [1.165, 1.54) is 4.90 Å². The zero-order valence-electron chi connectivity index (χ0n) is 21.8. The summed E-state index contributed by atoms with van der Waals surface area (Å²) in [5.74, 6) is 1.13. The van der Waals surface area contributed by atoms with Gasteiger partial charge in [0.1, 0.15) is 6.10 Å². The lowest BCUT2D eigenvalue weighted by molar-refractivity contribution is -0.137. The molecule has 0 heterocycles. The molecule has 0 spiro atoms. The van der Waals surface area contributed by atoms with Crippen LogP contribution in [0, 0.1) is 5.92 Å². The van der Waals surface area contributed by atoms with Crippen LogP contribution in [0.2, 0.25) is 0 Å². The smallest absolute Gasteiger partial charge is 0.240 e. The van der Waals surface area contributed by atoms with Crippen molar-refractivity contribution in [2.45, 2.75) is 84.8 Å². The Kier molecular flexibility index (Phi) is 15.0. The van der Waals surface area contributed by atoms with Gasteiger partial charge in [0.25, 0.3) is 0 Å². The lowest BCUT2D eigenvalue weighted by Crippen LogP contribution is -2.50. The first-order valence-corrected chi connectivity index (χ1v) is 12.8. The Morgan fingerprint density at radius 3 is 2.47 bits per heavy atom. The first-order valence-electron chi connectivity index (χ1n) is 12.8. The van der Waals surface area contributed by atoms with Crippen LogP contribution in [0.15, 0.2) is 23.5 Å². The number of allylic oxidation sites excluding steroid dienone is 4. The maximum Gasteiger partial charge on any atom is 0.240 e. The summed E-state index contributed by atoms with van der Waals surface area (Å²) in [6.45, 7) is 9.92. The average Bonchev–Trinajstić information content (AvgIpc) is 3.65. The highest BCUT2D eigenvalue weighted by atomic mass is 16.5. The Labute approximate surface area is 205 Å². The molecule has 1 fully saturated rings. The van der Waals surface area contributed by atoms with Gasteiger partial charge in [0.05, 0.1) is 18.3 Å². The molecule has 0 aliphatic heterocycles. The molecule has 1 rings (SSSR count). The van der Waals surface area contributed by atoms with E-state index in [1.54, 1.807) is 7.05 Å². The third-order valence-corrected chi connectivity index (χ3v) is 5.87. The van der Waals surface area contributed by atoms with Gasteiger partial charge in [0, 0.05) is 33.1 Å². The largest absolute Gasteiger partial charge is 0.493 e. The lowest BCUT2D eigenvalue weighted by atomic mass is 10.0. The summed E-state index contributed by atoms with van der Waals surface area (Å²) in [4.78, 5) is 37.0. The minimum absolute atomic E-state index is 0.0368. The van der Waals surface area contributed by atoms with Gasteiger partial charge in [-0.3, -0.25) is 14.4 Å². The molecule has 2 unspecified atom stereocenters. The third kappa shape index (κ3) is 11.2. The monoisotopic (exact) mass is 478 g/mol. The Hall–Kier alpha value is -2.35. The zero-order chi connectivity index (χ0) is 25.3. The van der Waals surface area contributed by atoms with Crippen molar-refractivity contribution in [1.29, 1.82) is 0 Å². The van der Waals surface area contributed by atoms with Gasteiger partial charge in [0.2, 0.25) is 18.2 Å². The molecular weight excluding hydrogens is 432 g/mol. The number of hydrogen-bond donors (Lipinski definition) is 3. The molecule has 0 aromatic heterocycles. The molecule has 0 bridgehead atoms. The highest BCUT2D eigenvalue weighted by Crippen LogP contribution is 2.33. The van der Waals surface area contributed by atoms with Crippen molar-refractivity contribution in [1.82, 2.24) is 20.9 Å². The van der Waals surface area contributed by atoms with Gasteiger partial charge in [-0.25, -0.2) is 0 Å². The van der Waals surface area contributed by atoms with Gasteiger partial charge >= 0.3 is 0 Å². The normalized spacial score (nSPS) is 15.9. The first kappa shape index (κ1) is 29.7. The van der Waals surface area contributed by atoms with Gasteiger partial charge in [-0.15, -0.1) is 0 Å². The van der Waals surface area contributed by atoms with Crippen molar-refractivity contribution in [3.63, 3.8) is 0 Å². The molecule has 8 heteroatoms. The Balaban J connectivity index is 2.82. The second-order valence-corrected chi connectivity index (χ2v) is 8.89. The van der Waals surface area contributed by atoms with E-state index in [4.69, 9.17) is 4.74 Å². The second-order valence-electron chi connectivity index (χ2n) is 8.89. The van der Waals surface area contributed by atoms with Crippen LogP contribution in [0.5, 0.6) is 0 Å². The SMILES string of the molecule is C/C=C\C(CCCNC=O)=C(/CCC)OC(CC)CNC(C(=O)N(C)CC(=O)NCC)C1CC1. The van der Waals surface area contributed by atoms with E-state index >= 15 is 0 Å². The van der Waals surface area contributed by atoms with Crippen LogP contribution in [-0.2, 0) is 19.1 Å². The number of rotatable bonds is 19. The maximum atomic E-state index is 13.0. The van der Waals surface area contributed by atoms with Crippen molar-refractivity contribution in [3.05, 3.63) is 23.5 Å². The number of amides is 3.